The molecule has 0 aliphatic carbocycles. The monoisotopic (exact) mass is 282 g/mol. The third-order valence-corrected chi connectivity index (χ3v) is 3.05. The highest BCUT2D eigenvalue weighted by Gasteiger charge is 2.15. The van der Waals surface area contributed by atoms with Crippen LogP contribution in [0.4, 0.5) is 5.82 Å². The number of anilines is 1. The molecule has 0 spiro atoms. The summed E-state index contributed by atoms with van der Waals surface area (Å²) in [4.78, 5) is 10.4. The van der Waals surface area contributed by atoms with Crippen molar-refractivity contribution in [1.82, 2.24) is 9.97 Å². The molecule has 1 rings (SSSR count). The zero-order chi connectivity index (χ0) is 14.1. The Hall–Kier alpha value is -1.38. The number of nitriles is 1. The molecule has 0 aliphatic rings. The molecule has 5 nitrogen and oxygen atoms in total. The van der Waals surface area contributed by atoms with Gasteiger partial charge in [0.1, 0.15) is 17.3 Å². The average molecular weight is 283 g/mol. The fourth-order valence-electron chi connectivity index (χ4n) is 1.83. The van der Waals surface area contributed by atoms with E-state index in [2.05, 4.69) is 23.0 Å². The molecular weight excluding hydrogens is 264 g/mol. The van der Waals surface area contributed by atoms with E-state index in [0.717, 1.165) is 24.2 Å². The average Bonchev–Trinajstić information content (AvgIpc) is 2.42. The second kappa shape index (κ2) is 8.68. The highest BCUT2D eigenvalue weighted by molar-refractivity contribution is 6.30. The predicted molar refractivity (Wildman–Crippen MR) is 75.4 cm³/mol. The lowest BCUT2D eigenvalue weighted by molar-refractivity contribution is 0.205. The van der Waals surface area contributed by atoms with Gasteiger partial charge in [-0.25, -0.2) is 9.97 Å². The summed E-state index contributed by atoms with van der Waals surface area (Å²) < 4.78 is 5.10. The summed E-state index contributed by atoms with van der Waals surface area (Å²) in [5.41, 5.74) is 0.945. The van der Waals surface area contributed by atoms with E-state index in [1.165, 1.54) is 6.33 Å². The van der Waals surface area contributed by atoms with Gasteiger partial charge in [0, 0.05) is 25.8 Å². The van der Waals surface area contributed by atoms with Gasteiger partial charge in [-0.15, -0.1) is 0 Å². The summed E-state index contributed by atoms with van der Waals surface area (Å²) in [5.74, 6) is 0.814. The molecule has 0 atom stereocenters. The van der Waals surface area contributed by atoms with Gasteiger partial charge in [0.2, 0.25) is 0 Å². The van der Waals surface area contributed by atoms with Crippen molar-refractivity contribution in [3.63, 3.8) is 0 Å². The molecule has 1 aromatic heterocycles. The van der Waals surface area contributed by atoms with Gasteiger partial charge in [-0.1, -0.05) is 24.9 Å². The van der Waals surface area contributed by atoms with Crippen molar-refractivity contribution in [1.29, 1.82) is 5.26 Å². The van der Waals surface area contributed by atoms with Crippen molar-refractivity contribution in [3.05, 3.63) is 17.0 Å². The fourth-order valence-corrected chi connectivity index (χ4v) is 2.05. The molecule has 0 radical (unpaired) electrons. The normalized spacial score (nSPS) is 10.2. The van der Waals surface area contributed by atoms with Crippen LogP contribution in [0.1, 0.15) is 25.3 Å². The molecule has 0 bridgehead atoms. The number of halogens is 1. The first-order valence-electron chi connectivity index (χ1n) is 6.34. The van der Waals surface area contributed by atoms with Crippen LogP contribution in [-0.2, 0) is 11.2 Å². The molecule has 0 fully saturated rings. The molecule has 1 aromatic rings. The van der Waals surface area contributed by atoms with Crippen LogP contribution in [0.2, 0.25) is 5.15 Å². The maximum atomic E-state index is 8.75. The number of aromatic nitrogens is 2. The zero-order valence-corrected chi connectivity index (χ0v) is 12.2. The third kappa shape index (κ3) is 4.66. The van der Waals surface area contributed by atoms with Crippen molar-refractivity contribution >= 4 is 17.4 Å². The van der Waals surface area contributed by atoms with Crippen LogP contribution in [0, 0.1) is 11.3 Å². The number of hydrogen-bond donors (Lipinski definition) is 0. The molecule has 104 valence electrons. The molecule has 0 unspecified atom stereocenters. The summed E-state index contributed by atoms with van der Waals surface area (Å²) in [6.07, 6.45) is 3.70. The summed E-state index contributed by atoms with van der Waals surface area (Å²) in [6.45, 7) is 3.96. The van der Waals surface area contributed by atoms with E-state index >= 15 is 0 Å². The number of hydrogen-bond acceptors (Lipinski definition) is 5. The number of ether oxygens (including phenoxy) is 1. The summed E-state index contributed by atoms with van der Waals surface area (Å²) in [5, 5.41) is 9.24. The first kappa shape index (κ1) is 15.7. The van der Waals surface area contributed by atoms with E-state index < -0.39 is 0 Å². The molecule has 1 heterocycles. The Labute approximate surface area is 119 Å². The van der Waals surface area contributed by atoms with E-state index in [9.17, 15) is 0 Å². The van der Waals surface area contributed by atoms with Gasteiger partial charge < -0.3 is 9.64 Å². The number of rotatable bonds is 8. The number of nitrogens with zero attached hydrogens (tertiary/aromatic N) is 4. The van der Waals surface area contributed by atoms with E-state index in [0.29, 0.717) is 31.3 Å². The van der Waals surface area contributed by atoms with Gasteiger partial charge in [-0.2, -0.15) is 5.26 Å². The molecule has 0 aliphatic heterocycles. The molecule has 0 saturated carbocycles. The lowest BCUT2D eigenvalue weighted by Crippen LogP contribution is -2.30. The van der Waals surface area contributed by atoms with Gasteiger partial charge in [-0.05, 0) is 6.42 Å². The predicted octanol–water partition coefficient (Wildman–Crippen LogP) is 2.45. The lowest BCUT2D eigenvalue weighted by Gasteiger charge is -2.24. The van der Waals surface area contributed by atoms with E-state index in [4.69, 9.17) is 21.6 Å². The smallest absolute Gasteiger partial charge is 0.137 e. The van der Waals surface area contributed by atoms with Crippen LogP contribution in [0.5, 0.6) is 0 Å². The third-order valence-electron chi connectivity index (χ3n) is 2.73. The minimum atomic E-state index is 0.441. The second-order valence-corrected chi connectivity index (χ2v) is 4.46. The molecule has 0 saturated heterocycles. The van der Waals surface area contributed by atoms with Crippen LogP contribution in [0.3, 0.4) is 0 Å². The molecule has 0 N–H and O–H groups in total. The zero-order valence-electron chi connectivity index (χ0n) is 11.4. The quantitative estimate of drug-likeness (QED) is 0.685. The highest BCUT2D eigenvalue weighted by atomic mass is 35.5. The van der Waals surface area contributed by atoms with Gasteiger partial charge in [-0.3, -0.25) is 0 Å². The SMILES string of the molecule is CCCc1c(Cl)ncnc1N(CCC#N)CCOC. The summed E-state index contributed by atoms with van der Waals surface area (Å²) >= 11 is 6.15. The first-order valence-corrected chi connectivity index (χ1v) is 6.72. The minimum absolute atomic E-state index is 0.441. The molecule has 6 heteroatoms. The minimum Gasteiger partial charge on any atom is -0.383 e. The van der Waals surface area contributed by atoms with Crippen LogP contribution in [0.15, 0.2) is 6.33 Å². The van der Waals surface area contributed by atoms with Crippen molar-refractivity contribution in [2.75, 3.05) is 31.7 Å². The Bertz CT molecular complexity index is 433. The van der Waals surface area contributed by atoms with Crippen LogP contribution >= 0.6 is 11.6 Å². The molecular formula is C13H19ClN4O. The van der Waals surface area contributed by atoms with Gasteiger partial charge in [0.05, 0.1) is 19.1 Å². The molecule has 0 amide bonds. The first-order chi connectivity index (χ1) is 9.24. The van der Waals surface area contributed by atoms with Gasteiger partial charge in [0.15, 0.2) is 0 Å². The second-order valence-electron chi connectivity index (χ2n) is 4.10. The topological polar surface area (TPSA) is 62.0 Å². The molecule has 0 aromatic carbocycles. The number of methoxy groups -OCH3 is 1. The van der Waals surface area contributed by atoms with Gasteiger partial charge in [0.25, 0.3) is 0 Å². The van der Waals surface area contributed by atoms with Crippen molar-refractivity contribution in [2.24, 2.45) is 0 Å². The van der Waals surface area contributed by atoms with E-state index in [1.807, 2.05) is 4.90 Å². The maximum Gasteiger partial charge on any atom is 0.137 e. The van der Waals surface area contributed by atoms with Crippen LogP contribution in [-0.4, -0.2) is 36.8 Å². The van der Waals surface area contributed by atoms with Crippen LogP contribution in [0.25, 0.3) is 0 Å². The highest BCUT2D eigenvalue weighted by Crippen LogP contribution is 2.24. The lowest BCUT2D eigenvalue weighted by atomic mass is 10.1. The van der Waals surface area contributed by atoms with E-state index in [-0.39, 0.29) is 0 Å². The summed E-state index contributed by atoms with van der Waals surface area (Å²) in [7, 11) is 1.66. The summed E-state index contributed by atoms with van der Waals surface area (Å²) in [6, 6.07) is 2.15. The fraction of sp³-hybridized carbons (Fsp3) is 0.615. The Kier molecular flexibility index (Phi) is 7.16. The Morgan fingerprint density at radius 2 is 2.21 bits per heavy atom. The Morgan fingerprint density at radius 1 is 1.42 bits per heavy atom. The van der Waals surface area contributed by atoms with Crippen molar-refractivity contribution < 1.29 is 4.74 Å². The Balaban J connectivity index is 2.99. The van der Waals surface area contributed by atoms with Crippen molar-refractivity contribution in [2.45, 2.75) is 26.2 Å². The largest absolute Gasteiger partial charge is 0.383 e. The van der Waals surface area contributed by atoms with Crippen LogP contribution < -0.4 is 4.90 Å². The molecule has 19 heavy (non-hydrogen) atoms. The van der Waals surface area contributed by atoms with E-state index in [1.54, 1.807) is 7.11 Å². The van der Waals surface area contributed by atoms with Crippen molar-refractivity contribution in [3.8, 4) is 6.07 Å². The van der Waals surface area contributed by atoms with Gasteiger partial charge >= 0.3 is 0 Å². The maximum absolute atomic E-state index is 8.75. The standard InChI is InChI=1S/C13H19ClN4O/c1-3-5-11-12(14)16-10-17-13(11)18(7-4-6-15)8-9-19-2/h10H,3-5,7-9H2,1-2H3. The Morgan fingerprint density at radius 3 is 2.84 bits per heavy atom.